The van der Waals surface area contributed by atoms with Crippen molar-refractivity contribution >= 4 is 11.8 Å². The summed E-state index contributed by atoms with van der Waals surface area (Å²) in [6, 6.07) is 1.28. The van der Waals surface area contributed by atoms with E-state index in [-0.39, 0.29) is 0 Å². The summed E-state index contributed by atoms with van der Waals surface area (Å²) in [7, 11) is 0. The van der Waals surface area contributed by atoms with Gasteiger partial charge >= 0.3 is 0 Å². The third-order valence-corrected chi connectivity index (χ3v) is 3.69. The molecule has 0 aromatic carbocycles. The zero-order valence-electron chi connectivity index (χ0n) is 8.46. The number of hydrogen-bond acceptors (Lipinski definition) is 3. The summed E-state index contributed by atoms with van der Waals surface area (Å²) in [6.07, 6.45) is 4.71. The lowest BCUT2D eigenvalue weighted by Crippen LogP contribution is -2.39. The highest BCUT2D eigenvalue weighted by Gasteiger charge is 2.15. The lowest BCUT2D eigenvalue weighted by atomic mass is 10.1. The van der Waals surface area contributed by atoms with Crippen LogP contribution in [0.3, 0.4) is 0 Å². The standard InChI is InChI=1S/C10H21NOS/c1-9(4-2-6-12)11-10-5-3-7-13-8-10/h9-12H,2-8H2,1H3/t9-,10+/m1/s1. The average molecular weight is 203 g/mol. The topological polar surface area (TPSA) is 32.3 Å². The molecule has 1 aliphatic rings. The van der Waals surface area contributed by atoms with Crippen molar-refractivity contribution in [3.05, 3.63) is 0 Å². The Labute approximate surface area is 85.5 Å². The molecule has 0 aromatic heterocycles. The molecule has 1 saturated heterocycles. The Bertz CT molecular complexity index is 126. The molecule has 1 fully saturated rings. The van der Waals surface area contributed by atoms with E-state index < -0.39 is 0 Å². The fourth-order valence-electron chi connectivity index (χ4n) is 1.76. The molecule has 78 valence electrons. The van der Waals surface area contributed by atoms with Gasteiger partial charge < -0.3 is 10.4 Å². The highest BCUT2D eigenvalue weighted by atomic mass is 32.2. The van der Waals surface area contributed by atoms with Gasteiger partial charge in [-0.2, -0.15) is 11.8 Å². The Morgan fingerprint density at radius 3 is 3.08 bits per heavy atom. The van der Waals surface area contributed by atoms with Gasteiger partial charge in [-0.3, -0.25) is 0 Å². The van der Waals surface area contributed by atoms with Crippen LogP contribution in [0.15, 0.2) is 0 Å². The van der Waals surface area contributed by atoms with E-state index >= 15 is 0 Å². The maximum Gasteiger partial charge on any atom is 0.0431 e. The fourth-order valence-corrected chi connectivity index (χ4v) is 2.84. The zero-order chi connectivity index (χ0) is 9.52. The average Bonchev–Trinajstić information content (AvgIpc) is 2.16. The van der Waals surface area contributed by atoms with Gasteiger partial charge in [0.15, 0.2) is 0 Å². The van der Waals surface area contributed by atoms with Crippen molar-refractivity contribution in [2.75, 3.05) is 18.1 Å². The molecule has 2 nitrogen and oxygen atoms in total. The smallest absolute Gasteiger partial charge is 0.0431 e. The van der Waals surface area contributed by atoms with Crippen LogP contribution in [0.1, 0.15) is 32.6 Å². The summed E-state index contributed by atoms with van der Waals surface area (Å²) < 4.78 is 0. The molecule has 0 saturated carbocycles. The molecule has 0 aliphatic carbocycles. The van der Waals surface area contributed by atoms with Gasteiger partial charge in [0, 0.05) is 24.4 Å². The largest absolute Gasteiger partial charge is 0.396 e. The van der Waals surface area contributed by atoms with Crippen LogP contribution in [0, 0.1) is 0 Å². The van der Waals surface area contributed by atoms with Crippen LogP contribution in [-0.4, -0.2) is 35.3 Å². The minimum atomic E-state index is 0.325. The lowest BCUT2D eigenvalue weighted by molar-refractivity contribution is 0.273. The van der Waals surface area contributed by atoms with E-state index in [1.54, 1.807) is 0 Å². The number of rotatable bonds is 5. The van der Waals surface area contributed by atoms with Crippen LogP contribution in [-0.2, 0) is 0 Å². The summed E-state index contributed by atoms with van der Waals surface area (Å²) >= 11 is 2.06. The van der Waals surface area contributed by atoms with E-state index in [2.05, 4.69) is 24.0 Å². The lowest BCUT2D eigenvalue weighted by Gasteiger charge is -2.26. The van der Waals surface area contributed by atoms with Crippen molar-refractivity contribution in [1.29, 1.82) is 0 Å². The Kier molecular flexibility index (Phi) is 5.83. The highest BCUT2D eigenvalue weighted by Crippen LogP contribution is 2.17. The van der Waals surface area contributed by atoms with Gasteiger partial charge in [-0.1, -0.05) is 0 Å². The molecule has 0 amide bonds. The Morgan fingerprint density at radius 1 is 1.62 bits per heavy atom. The van der Waals surface area contributed by atoms with Gasteiger partial charge in [0.2, 0.25) is 0 Å². The predicted octanol–water partition coefficient (Wildman–Crippen LogP) is 1.63. The summed E-state index contributed by atoms with van der Waals surface area (Å²) in [5.41, 5.74) is 0. The summed E-state index contributed by atoms with van der Waals surface area (Å²) in [4.78, 5) is 0. The van der Waals surface area contributed by atoms with E-state index in [1.807, 2.05) is 0 Å². The predicted molar refractivity (Wildman–Crippen MR) is 59.3 cm³/mol. The van der Waals surface area contributed by atoms with Gasteiger partial charge in [-0.05, 0) is 38.4 Å². The van der Waals surface area contributed by atoms with Gasteiger partial charge in [-0.15, -0.1) is 0 Å². The van der Waals surface area contributed by atoms with E-state index in [9.17, 15) is 0 Å². The van der Waals surface area contributed by atoms with Crippen LogP contribution in [0.5, 0.6) is 0 Å². The summed E-state index contributed by atoms with van der Waals surface area (Å²) in [5.74, 6) is 2.60. The first-order chi connectivity index (χ1) is 6.33. The fraction of sp³-hybridized carbons (Fsp3) is 1.00. The van der Waals surface area contributed by atoms with Crippen LogP contribution >= 0.6 is 11.8 Å². The number of nitrogens with one attached hydrogen (secondary N) is 1. The van der Waals surface area contributed by atoms with Crippen LogP contribution < -0.4 is 5.32 Å². The van der Waals surface area contributed by atoms with Crippen molar-refractivity contribution in [2.45, 2.75) is 44.7 Å². The van der Waals surface area contributed by atoms with Gasteiger partial charge in [0.25, 0.3) is 0 Å². The van der Waals surface area contributed by atoms with E-state index in [4.69, 9.17) is 5.11 Å². The van der Waals surface area contributed by atoms with Gasteiger partial charge in [0.1, 0.15) is 0 Å². The molecule has 13 heavy (non-hydrogen) atoms. The molecule has 1 aliphatic heterocycles. The number of aliphatic hydroxyl groups is 1. The summed E-state index contributed by atoms with van der Waals surface area (Å²) in [6.45, 7) is 2.54. The van der Waals surface area contributed by atoms with Crippen molar-refractivity contribution in [2.24, 2.45) is 0 Å². The molecule has 0 unspecified atom stereocenters. The van der Waals surface area contributed by atoms with Gasteiger partial charge in [-0.25, -0.2) is 0 Å². The number of thioether (sulfide) groups is 1. The van der Waals surface area contributed by atoms with Crippen molar-refractivity contribution in [1.82, 2.24) is 5.32 Å². The second-order valence-electron chi connectivity index (χ2n) is 3.85. The van der Waals surface area contributed by atoms with Crippen LogP contribution in [0.25, 0.3) is 0 Å². The molecular formula is C10H21NOS. The molecule has 0 radical (unpaired) electrons. The molecule has 2 N–H and O–H groups in total. The van der Waals surface area contributed by atoms with E-state index in [0.717, 1.165) is 12.8 Å². The number of hydrogen-bond donors (Lipinski definition) is 2. The Hall–Kier alpha value is 0.270. The van der Waals surface area contributed by atoms with Crippen molar-refractivity contribution in [3.8, 4) is 0 Å². The number of aliphatic hydroxyl groups excluding tert-OH is 1. The quantitative estimate of drug-likeness (QED) is 0.712. The Balaban J connectivity index is 2.07. The minimum absolute atomic E-state index is 0.325. The molecule has 2 atom stereocenters. The molecule has 0 aromatic rings. The first-order valence-electron chi connectivity index (χ1n) is 5.27. The van der Waals surface area contributed by atoms with E-state index in [1.165, 1.54) is 24.3 Å². The second kappa shape index (κ2) is 6.68. The maximum atomic E-state index is 8.69. The molecule has 0 spiro atoms. The molecule has 3 heteroatoms. The third kappa shape index (κ3) is 4.89. The first kappa shape index (κ1) is 11.3. The van der Waals surface area contributed by atoms with E-state index in [0.29, 0.717) is 18.7 Å². The van der Waals surface area contributed by atoms with Crippen molar-refractivity contribution < 1.29 is 5.11 Å². The normalized spacial score (nSPS) is 25.8. The maximum absolute atomic E-state index is 8.69. The summed E-state index contributed by atoms with van der Waals surface area (Å²) in [5, 5.41) is 12.3. The van der Waals surface area contributed by atoms with Crippen molar-refractivity contribution in [3.63, 3.8) is 0 Å². The second-order valence-corrected chi connectivity index (χ2v) is 5.00. The highest BCUT2D eigenvalue weighted by molar-refractivity contribution is 7.99. The molecule has 0 bridgehead atoms. The molecule has 1 heterocycles. The zero-order valence-corrected chi connectivity index (χ0v) is 9.28. The van der Waals surface area contributed by atoms with Crippen LogP contribution in [0.2, 0.25) is 0 Å². The molecule has 1 rings (SSSR count). The monoisotopic (exact) mass is 203 g/mol. The Morgan fingerprint density at radius 2 is 2.46 bits per heavy atom. The SMILES string of the molecule is C[C@H](CCCO)N[C@H]1CCCSC1. The van der Waals surface area contributed by atoms with Gasteiger partial charge in [0.05, 0.1) is 0 Å². The minimum Gasteiger partial charge on any atom is -0.396 e. The molecular weight excluding hydrogens is 182 g/mol. The third-order valence-electron chi connectivity index (χ3n) is 2.48. The van der Waals surface area contributed by atoms with Crippen LogP contribution in [0.4, 0.5) is 0 Å². The first-order valence-corrected chi connectivity index (χ1v) is 6.43.